The van der Waals surface area contributed by atoms with Crippen LogP contribution in [0, 0.1) is 5.92 Å². The van der Waals surface area contributed by atoms with Gasteiger partial charge in [-0.05, 0) is 79.4 Å². The van der Waals surface area contributed by atoms with Gasteiger partial charge in [-0.3, -0.25) is 4.79 Å². The van der Waals surface area contributed by atoms with Crippen molar-refractivity contribution in [2.24, 2.45) is 5.92 Å². The van der Waals surface area contributed by atoms with Crippen LogP contribution in [0.4, 0.5) is 5.69 Å². The first-order chi connectivity index (χ1) is 22.5. The molecule has 0 saturated carbocycles. The molecule has 1 saturated heterocycles. The predicted octanol–water partition coefficient (Wildman–Crippen LogP) is 11.2. The number of hydrogen-bond donors (Lipinski definition) is 0. The first-order valence-electron chi connectivity index (χ1n) is 18.0. The maximum atomic E-state index is 12.9. The van der Waals surface area contributed by atoms with Gasteiger partial charge in [-0.2, -0.15) is 0 Å². The van der Waals surface area contributed by atoms with Crippen LogP contribution >= 0.6 is 0 Å². The Kier molecular flexibility index (Phi) is 14.7. The molecule has 0 aliphatic carbocycles. The SMILES string of the molecule is CCCCCCCCCCOc1ccc(-c2ccc(C(=O)Oc3ccc(N4C(=O)[C@H](CCCCCCCC)[C@@H]4C)cc3)cc2)cc1. The van der Waals surface area contributed by atoms with Crippen LogP contribution < -0.4 is 14.4 Å². The summed E-state index contributed by atoms with van der Waals surface area (Å²) in [6.45, 7) is 7.36. The highest BCUT2D eigenvalue weighted by Crippen LogP contribution is 2.36. The Balaban J connectivity index is 1.18. The second-order valence-corrected chi connectivity index (χ2v) is 12.9. The number of unbranched alkanes of at least 4 members (excludes halogenated alkanes) is 12. The van der Waals surface area contributed by atoms with Gasteiger partial charge in [0, 0.05) is 11.7 Å². The number of carbonyl (C=O) groups is 2. The fraction of sp³-hybridized carbons (Fsp3) is 0.512. The van der Waals surface area contributed by atoms with Crippen LogP contribution in [-0.4, -0.2) is 24.5 Å². The molecule has 3 aromatic carbocycles. The molecule has 0 bridgehead atoms. The van der Waals surface area contributed by atoms with Gasteiger partial charge in [0.2, 0.25) is 5.91 Å². The lowest BCUT2D eigenvalue weighted by atomic mass is 9.83. The average molecular weight is 626 g/mol. The monoisotopic (exact) mass is 625 g/mol. The third-order valence-corrected chi connectivity index (χ3v) is 9.31. The number of carbonyl (C=O) groups excluding carboxylic acids is 2. The van der Waals surface area contributed by atoms with Crippen molar-refractivity contribution in [3.8, 4) is 22.6 Å². The summed E-state index contributed by atoms with van der Waals surface area (Å²) in [5.74, 6) is 1.26. The van der Waals surface area contributed by atoms with Gasteiger partial charge >= 0.3 is 5.97 Å². The molecule has 4 rings (SSSR count). The van der Waals surface area contributed by atoms with Gasteiger partial charge in [0.15, 0.2) is 0 Å². The number of nitrogens with zero attached hydrogens (tertiary/aromatic N) is 1. The predicted molar refractivity (Wildman–Crippen MR) is 190 cm³/mol. The van der Waals surface area contributed by atoms with Crippen LogP contribution in [-0.2, 0) is 4.79 Å². The second kappa shape index (κ2) is 19.2. The number of esters is 1. The zero-order valence-corrected chi connectivity index (χ0v) is 28.5. The first-order valence-corrected chi connectivity index (χ1v) is 18.0. The highest BCUT2D eigenvalue weighted by Gasteiger charge is 2.44. The maximum Gasteiger partial charge on any atom is 0.343 e. The van der Waals surface area contributed by atoms with Crippen LogP contribution in [0.3, 0.4) is 0 Å². The Morgan fingerprint density at radius 2 is 1.13 bits per heavy atom. The minimum Gasteiger partial charge on any atom is -0.494 e. The third-order valence-electron chi connectivity index (χ3n) is 9.31. The summed E-state index contributed by atoms with van der Waals surface area (Å²) in [6, 6.07) is 23.0. The Morgan fingerprint density at radius 1 is 0.630 bits per heavy atom. The number of amides is 1. The molecule has 5 heteroatoms. The average Bonchev–Trinajstić information content (AvgIpc) is 3.08. The molecule has 1 aliphatic rings. The van der Waals surface area contributed by atoms with E-state index in [1.807, 2.05) is 41.3 Å². The number of ether oxygens (including phenoxy) is 2. The van der Waals surface area contributed by atoms with E-state index >= 15 is 0 Å². The van der Waals surface area contributed by atoms with E-state index in [0.29, 0.717) is 11.3 Å². The van der Waals surface area contributed by atoms with Crippen LogP contribution in [0.5, 0.6) is 11.5 Å². The molecule has 0 aromatic heterocycles. The Labute approximate surface area is 277 Å². The van der Waals surface area contributed by atoms with Crippen molar-refractivity contribution in [3.63, 3.8) is 0 Å². The van der Waals surface area contributed by atoms with Crippen molar-refractivity contribution in [1.29, 1.82) is 0 Å². The fourth-order valence-corrected chi connectivity index (χ4v) is 6.36. The lowest BCUT2D eigenvalue weighted by Gasteiger charge is -2.45. The van der Waals surface area contributed by atoms with E-state index in [9.17, 15) is 9.59 Å². The largest absolute Gasteiger partial charge is 0.494 e. The summed E-state index contributed by atoms with van der Waals surface area (Å²) in [5.41, 5.74) is 3.44. The van der Waals surface area contributed by atoms with Gasteiger partial charge in [-0.1, -0.05) is 122 Å². The summed E-state index contributed by atoms with van der Waals surface area (Å²) in [6.07, 6.45) is 18.7. The van der Waals surface area contributed by atoms with E-state index in [4.69, 9.17) is 9.47 Å². The molecule has 0 N–H and O–H groups in total. The summed E-state index contributed by atoms with van der Waals surface area (Å²) in [5, 5.41) is 0. The van der Waals surface area contributed by atoms with Crippen molar-refractivity contribution in [1.82, 2.24) is 0 Å². The molecular formula is C41H55NO4. The normalized spacial score (nSPS) is 15.9. The molecule has 0 spiro atoms. The zero-order valence-electron chi connectivity index (χ0n) is 28.5. The van der Waals surface area contributed by atoms with E-state index in [0.717, 1.165) is 48.4 Å². The minimum atomic E-state index is -0.406. The van der Waals surface area contributed by atoms with Crippen LogP contribution in [0.1, 0.15) is 127 Å². The third kappa shape index (κ3) is 10.5. The molecule has 1 amide bonds. The van der Waals surface area contributed by atoms with E-state index in [1.54, 1.807) is 24.3 Å². The fourth-order valence-electron chi connectivity index (χ4n) is 6.36. The molecule has 248 valence electrons. The van der Waals surface area contributed by atoms with Crippen molar-refractivity contribution >= 4 is 17.6 Å². The lowest BCUT2D eigenvalue weighted by molar-refractivity contribution is -0.130. The molecule has 2 atom stereocenters. The minimum absolute atomic E-state index is 0.113. The van der Waals surface area contributed by atoms with Gasteiger partial charge in [0.05, 0.1) is 18.1 Å². The second-order valence-electron chi connectivity index (χ2n) is 12.9. The smallest absolute Gasteiger partial charge is 0.343 e. The van der Waals surface area contributed by atoms with Crippen LogP contribution in [0.15, 0.2) is 72.8 Å². The van der Waals surface area contributed by atoms with E-state index in [-0.39, 0.29) is 17.9 Å². The number of β-lactam (4-membered cyclic amide) rings is 1. The van der Waals surface area contributed by atoms with E-state index in [1.165, 1.54) is 77.0 Å². The molecule has 1 aliphatic heterocycles. The summed E-state index contributed by atoms with van der Waals surface area (Å²) < 4.78 is 11.6. The van der Waals surface area contributed by atoms with Gasteiger partial charge in [0.25, 0.3) is 0 Å². The van der Waals surface area contributed by atoms with Gasteiger partial charge in [-0.25, -0.2) is 4.79 Å². The number of rotatable bonds is 21. The summed E-state index contributed by atoms with van der Waals surface area (Å²) in [7, 11) is 0. The van der Waals surface area contributed by atoms with Crippen molar-refractivity contribution in [3.05, 3.63) is 78.4 Å². The summed E-state index contributed by atoms with van der Waals surface area (Å²) >= 11 is 0. The van der Waals surface area contributed by atoms with E-state index in [2.05, 4.69) is 32.9 Å². The topological polar surface area (TPSA) is 55.8 Å². The van der Waals surface area contributed by atoms with Crippen molar-refractivity contribution in [2.45, 2.75) is 123 Å². The Morgan fingerprint density at radius 3 is 1.70 bits per heavy atom. The van der Waals surface area contributed by atoms with Crippen LogP contribution in [0.2, 0.25) is 0 Å². The standard InChI is InChI=1S/C41H55NO4/c1-4-6-8-10-12-13-15-17-31-45-37-27-23-34(24-28-37)33-19-21-35(22-20-33)41(44)46-38-29-25-36(26-30-38)42-32(3)39(40(42)43)18-16-14-11-9-7-5-2/h19-30,32,39H,4-18,31H2,1-3H3/t32-,39+/m0/s1. The maximum absolute atomic E-state index is 12.9. The first kappa shape index (κ1) is 35.3. The van der Waals surface area contributed by atoms with Gasteiger partial charge in [-0.15, -0.1) is 0 Å². The molecule has 1 fully saturated rings. The van der Waals surface area contributed by atoms with Gasteiger partial charge in [0.1, 0.15) is 11.5 Å². The van der Waals surface area contributed by atoms with Crippen LogP contribution in [0.25, 0.3) is 11.1 Å². The highest BCUT2D eigenvalue weighted by molar-refractivity contribution is 6.02. The lowest BCUT2D eigenvalue weighted by Crippen LogP contribution is -2.59. The number of anilines is 1. The molecule has 46 heavy (non-hydrogen) atoms. The van der Waals surface area contributed by atoms with E-state index < -0.39 is 5.97 Å². The van der Waals surface area contributed by atoms with Crippen molar-refractivity contribution in [2.75, 3.05) is 11.5 Å². The molecule has 5 nitrogen and oxygen atoms in total. The molecule has 0 unspecified atom stereocenters. The number of hydrogen-bond acceptors (Lipinski definition) is 4. The Hall–Kier alpha value is -3.60. The molecule has 1 heterocycles. The molecular weight excluding hydrogens is 570 g/mol. The molecule has 3 aromatic rings. The Bertz CT molecular complexity index is 1320. The summed E-state index contributed by atoms with van der Waals surface area (Å²) in [4.78, 5) is 27.6. The zero-order chi connectivity index (χ0) is 32.6. The van der Waals surface area contributed by atoms with Crippen molar-refractivity contribution < 1.29 is 19.1 Å². The number of benzene rings is 3. The highest BCUT2D eigenvalue weighted by atomic mass is 16.5. The van der Waals surface area contributed by atoms with Gasteiger partial charge < -0.3 is 14.4 Å². The quantitative estimate of drug-likeness (QED) is 0.0511. The molecule has 0 radical (unpaired) electrons.